The second-order valence-corrected chi connectivity index (χ2v) is 8.02. The fourth-order valence-electron chi connectivity index (χ4n) is 3.07. The molecule has 2 N–H and O–H groups in total. The first-order valence-electron chi connectivity index (χ1n) is 9.26. The lowest BCUT2D eigenvalue weighted by molar-refractivity contribution is 0.189. The molecule has 1 aromatic heterocycles. The number of hydrogen-bond acceptors (Lipinski definition) is 4. The second kappa shape index (κ2) is 12.1. The summed E-state index contributed by atoms with van der Waals surface area (Å²) in [7, 11) is 0. The lowest BCUT2D eigenvalue weighted by Gasteiger charge is -2.30. The molecule has 7 heteroatoms. The highest BCUT2D eigenvalue weighted by molar-refractivity contribution is 14.0. The summed E-state index contributed by atoms with van der Waals surface area (Å²) in [4.78, 5) is 13.2. The number of piperidine rings is 1. The quantitative estimate of drug-likeness (QED) is 0.358. The molecule has 0 spiro atoms. The van der Waals surface area contributed by atoms with Crippen LogP contribution in [0.5, 0.6) is 0 Å². The van der Waals surface area contributed by atoms with Crippen LogP contribution in [0.15, 0.2) is 4.99 Å². The molecule has 0 amide bonds. The summed E-state index contributed by atoms with van der Waals surface area (Å²) in [6.07, 6.45) is 3.66. The zero-order valence-corrected chi connectivity index (χ0v) is 19.2. The number of aliphatic imine (C=N–C) groups is 1. The summed E-state index contributed by atoms with van der Waals surface area (Å²) < 4.78 is 0. The average molecular weight is 479 g/mol. The number of nitrogens with one attached hydrogen (secondary N) is 2. The highest BCUT2D eigenvalue weighted by atomic mass is 127. The van der Waals surface area contributed by atoms with Gasteiger partial charge < -0.3 is 15.5 Å². The zero-order valence-electron chi connectivity index (χ0n) is 16.1. The monoisotopic (exact) mass is 479 g/mol. The van der Waals surface area contributed by atoms with Crippen LogP contribution < -0.4 is 10.6 Å². The van der Waals surface area contributed by atoms with Crippen LogP contribution >= 0.6 is 35.3 Å². The molecule has 1 aromatic rings. The SMILES string of the molecule is CCNC(=NCCN1CCCC(C)C1)NCCc1nc(C)c(C)s1.I. The Kier molecular flexibility index (Phi) is 10.9. The van der Waals surface area contributed by atoms with Crippen LogP contribution in [0.2, 0.25) is 0 Å². The minimum absolute atomic E-state index is 0. The van der Waals surface area contributed by atoms with E-state index in [0.29, 0.717) is 0 Å². The van der Waals surface area contributed by atoms with Gasteiger partial charge in [0.15, 0.2) is 5.96 Å². The summed E-state index contributed by atoms with van der Waals surface area (Å²) in [6.45, 7) is 14.8. The minimum atomic E-state index is 0. The predicted octanol–water partition coefficient (Wildman–Crippen LogP) is 3.21. The molecule has 1 saturated heterocycles. The number of nitrogens with zero attached hydrogens (tertiary/aromatic N) is 3. The lowest BCUT2D eigenvalue weighted by atomic mass is 10.0. The molecule has 0 aliphatic carbocycles. The Hall–Kier alpha value is -0.410. The number of likely N-dealkylation sites (tertiary alicyclic amines) is 1. The van der Waals surface area contributed by atoms with Crippen LogP contribution in [0, 0.1) is 19.8 Å². The van der Waals surface area contributed by atoms with E-state index in [1.165, 1.54) is 35.8 Å². The van der Waals surface area contributed by atoms with Crippen LogP contribution in [-0.2, 0) is 6.42 Å². The number of halogens is 1. The maximum absolute atomic E-state index is 4.72. The molecule has 1 fully saturated rings. The van der Waals surface area contributed by atoms with Crippen molar-refractivity contribution in [3.05, 3.63) is 15.6 Å². The van der Waals surface area contributed by atoms with Gasteiger partial charge in [-0.15, -0.1) is 35.3 Å². The fourth-order valence-corrected chi connectivity index (χ4v) is 4.00. The molecule has 0 bridgehead atoms. The second-order valence-electron chi connectivity index (χ2n) is 6.73. The van der Waals surface area contributed by atoms with Crippen LogP contribution in [0.3, 0.4) is 0 Å². The van der Waals surface area contributed by atoms with Gasteiger partial charge in [-0.05, 0) is 46.1 Å². The first-order valence-corrected chi connectivity index (χ1v) is 10.1. The molecular weight excluding hydrogens is 445 g/mol. The summed E-state index contributed by atoms with van der Waals surface area (Å²) >= 11 is 1.80. The van der Waals surface area contributed by atoms with Crippen molar-refractivity contribution < 1.29 is 0 Å². The lowest BCUT2D eigenvalue weighted by Crippen LogP contribution is -2.40. The van der Waals surface area contributed by atoms with E-state index in [1.807, 2.05) is 0 Å². The smallest absolute Gasteiger partial charge is 0.191 e. The van der Waals surface area contributed by atoms with Gasteiger partial charge in [0.2, 0.25) is 0 Å². The topological polar surface area (TPSA) is 52.6 Å². The molecule has 1 aliphatic heterocycles. The standard InChI is InChI=1S/C18H33N5S.HI/c1-5-19-18(20-9-8-17-22-15(3)16(4)24-17)21-10-12-23-11-6-7-14(2)13-23;/h14H,5-13H2,1-4H3,(H2,19,20,21);1H. The average Bonchev–Trinajstić information content (AvgIpc) is 2.86. The Morgan fingerprint density at radius 1 is 1.36 bits per heavy atom. The molecule has 25 heavy (non-hydrogen) atoms. The van der Waals surface area contributed by atoms with Gasteiger partial charge in [0.05, 0.1) is 17.2 Å². The third kappa shape index (κ3) is 8.21. The van der Waals surface area contributed by atoms with E-state index >= 15 is 0 Å². The van der Waals surface area contributed by atoms with Crippen LogP contribution in [-0.4, -0.2) is 55.1 Å². The minimum Gasteiger partial charge on any atom is -0.357 e. The molecular formula is C18H34IN5S. The molecule has 2 heterocycles. The predicted molar refractivity (Wildman–Crippen MR) is 120 cm³/mol. The Morgan fingerprint density at radius 2 is 2.16 bits per heavy atom. The van der Waals surface area contributed by atoms with E-state index in [0.717, 1.165) is 50.2 Å². The molecule has 1 atom stereocenters. The summed E-state index contributed by atoms with van der Waals surface area (Å²) in [5, 5.41) is 7.97. The van der Waals surface area contributed by atoms with Gasteiger partial charge in [-0.2, -0.15) is 0 Å². The van der Waals surface area contributed by atoms with E-state index in [4.69, 9.17) is 4.99 Å². The molecule has 0 saturated carbocycles. The Bertz CT molecular complexity index is 512. The Labute approximate surface area is 174 Å². The number of hydrogen-bond donors (Lipinski definition) is 2. The maximum atomic E-state index is 4.72. The highest BCUT2D eigenvalue weighted by Gasteiger charge is 2.15. The van der Waals surface area contributed by atoms with Crippen molar-refractivity contribution in [3.63, 3.8) is 0 Å². The largest absolute Gasteiger partial charge is 0.357 e. The maximum Gasteiger partial charge on any atom is 0.191 e. The molecule has 144 valence electrons. The van der Waals surface area contributed by atoms with Crippen molar-refractivity contribution in [1.29, 1.82) is 0 Å². The number of aryl methyl sites for hydroxylation is 2. The van der Waals surface area contributed by atoms with Gasteiger partial charge in [0, 0.05) is 37.5 Å². The van der Waals surface area contributed by atoms with Crippen molar-refractivity contribution in [2.24, 2.45) is 10.9 Å². The first-order chi connectivity index (χ1) is 11.6. The van der Waals surface area contributed by atoms with Crippen molar-refractivity contribution >= 4 is 41.3 Å². The van der Waals surface area contributed by atoms with E-state index in [1.54, 1.807) is 11.3 Å². The summed E-state index contributed by atoms with van der Waals surface area (Å²) in [6, 6.07) is 0. The van der Waals surface area contributed by atoms with Crippen LogP contribution in [0.25, 0.3) is 0 Å². The molecule has 2 rings (SSSR count). The van der Waals surface area contributed by atoms with Gasteiger partial charge in [-0.1, -0.05) is 6.92 Å². The third-order valence-electron chi connectivity index (χ3n) is 4.48. The molecule has 0 radical (unpaired) electrons. The van der Waals surface area contributed by atoms with Crippen LogP contribution in [0.1, 0.15) is 42.3 Å². The molecule has 5 nitrogen and oxygen atoms in total. The number of aromatic nitrogens is 1. The van der Waals surface area contributed by atoms with E-state index < -0.39 is 0 Å². The molecule has 1 unspecified atom stereocenters. The fraction of sp³-hybridized carbons (Fsp3) is 0.778. The Morgan fingerprint density at radius 3 is 2.80 bits per heavy atom. The first kappa shape index (κ1) is 22.6. The molecule has 0 aromatic carbocycles. The summed E-state index contributed by atoms with van der Waals surface area (Å²) in [5.41, 5.74) is 1.16. The summed E-state index contributed by atoms with van der Waals surface area (Å²) in [5.74, 6) is 1.76. The van der Waals surface area contributed by atoms with E-state index in [-0.39, 0.29) is 24.0 Å². The zero-order chi connectivity index (χ0) is 17.4. The molecule has 1 aliphatic rings. The van der Waals surface area contributed by atoms with Crippen LogP contribution in [0.4, 0.5) is 0 Å². The van der Waals surface area contributed by atoms with E-state index in [2.05, 4.69) is 48.2 Å². The number of guanidine groups is 1. The number of thiazole rings is 1. The van der Waals surface area contributed by atoms with E-state index in [9.17, 15) is 0 Å². The normalized spacial score (nSPS) is 18.7. The van der Waals surface area contributed by atoms with Gasteiger partial charge in [0.1, 0.15) is 0 Å². The van der Waals surface area contributed by atoms with Gasteiger partial charge in [0.25, 0.3) is 0 Å². The Balaban J connectivity index is 0.00000312. The van der Waals surface area contributed by atoms with Crippen molar-refractivity contribution in [1.82, 2.24) is 20.5 Å². The van der Waals surface area contributed by atoms with Gasteiger partial charge in [-0.25, -0.2) is 4.98 Å². The van der Waals surface area contributed by atoms with Crippen molar-refractivity contribution in [2.75, 3.05) is 39.3 Å². The third-order valence-corrected chi connectivity index (χ3v) is 5.61. The van der Waals surface area contributed by atoms with Crippen molar-refractivity contribution in [2.45, 2.75) is 47.0 Å². The highest BCUT2D eigenvalue weighted by Crippen LogP contribution is 2.16. The van der Waals surface area contributed by atoms with Crippen molar-refractivity contribution in [3.8, 4) is 0 Å². The van der Waals surface area contributed by atoms with Gasteiger partial charge in [-0.3, -0.25) is 4.99 Å². The van der Waals surface area contributed by atoms with Gasteiger partial charge >= 0.3 is 0 Å². The number of rotatable bonds is 7.